The average molecular weight is 654 g/mol. The van der Waals surface area contributed by atoms with Gasteiger partial charge >= 0.3 is 13.7 Å². The van der Waals surface area contributed by atoms with Gasteiger partial charge in [0.2, 0.25) is 13.9 Å². The van der Waals surface area contributed by atoms with E-state index in [0.29, 0.717) is 0 Å². The van der Waals surface area contributed by atoms with E-state index in [1.807, 2.05) is 60.7 Å². The Morgan fingerprint density at radius 3 is 1.98 bits per heavy atom. The van der Waals surface area contributed by atoms with Gasteiger partial charge in [-0.25, -0.2) is 4.79 Å². The monoisotopic (exact) mass is 653 g/mol. The lowest BCUT2D eigenvalue weighted by molar-refractivity contribution is 0.140. The van der Waals surface area contributed by atoms with Crippen LogP contribution >= 0.6 is 7.60 Å². The number of rotatable bonds is 13. The number of benzene rings is 3. The molecule has 7 nitrogen and oxygen atoms in total. The summed E-state index contributed by atoms with van der Waals surface area (Å²) in [7, 11) is -6.21. The SMILES string of the molecule is CCOP(=O)(OCC)/C(F)=C/[C@H](Cc1ccc(O[Si](C)(C)C(C)(C)C)cc1)NC(=O)OCC1c2ccccc2-c2ccccc21. The zero-order valence-electron chi connectivity index (χ0n) is 27.3. The fourth-order valence-corrected chi connectivity index (χ4v) is 7.49. The summed E-state index contributed by atoms with van der Waals surface area (Å²) in [6.45, 7) is 14.2. The van der Waals surface area contributed by atoms with Crippen LogP contribution in [0.1, 0.15) is 57.2 Å². The first kappa shape index (κ1) is 34.6. The van der Waals surface area contributed by atoms with E-state index in [2.05, 4.69) is 51.3 Å². The topological polar surface area (TPSA) is 83.1 Å². The lowest BCUT2D eigenvalue weighted by Crippen LogP contribution is -2.43. The highest BCUT2D eigenvalue weighted by Crippen LogP contribution is 2.56. The molecule has 0 saturated carbocycles. The van der Waals surface area contributed by atoms with Crippen molar-refractivity contribution in [1.29, 1.82) is 0 Å². The molecule has 0 saturated heterocycles. The standard InChI is InChI=1S/C35H45FNO6PSi/c1-8-41-44(39,42-9-2)33(36)23-26(22-25-18-20-27(21-19-25)43-45(6,7)35(3,4)5)37-34(38)40-24-32-30-16-12-10-14-28(30)29-15-11-13-17-31(29)32/h10-21,23,26,32H,8-9,22,24H2,1-7H3,(H,37,38)/b33-23+/t26-/m0/s1. The fraction of sp³-hybridized carbons (Fsp3) is 0.400. The number of hydrogen-bond donors (Lipinski definition) is 1. The summed E-state index contributed by atoms with van der Waals surface area (Å²) in [6.07, 6.45) is 0.579. The number of carbonyl (C=O) groups is 1. The molecule has 4 rings (SSSR count). The highest BCUT2D eigenvalue weighted by atomic mass is 31.2. The summed E-state index contributed by atoms with van der Waals surface area (Å²) in [5.74, 6) is 0.628. The van der Waals surface area contributed by atoms with Crippen LogP contribution in [0.25, 0.3) is 11.1 Å². The number of amides is 1. The van der Waals surface area contributed by atoms with Crippen LogP contribution < -0.4 is 9.74 Å². The molecule has 0 unspecified atom stereocenters. The summed E-state index contributed by atoms with van der Waals surface area (Å²) < 4.78 is 51.1. The zero-order valence-corrected chi connectivity index (χ0v) is 29.2. The maximum Gasteiger partial charge on any atom is 0.407 e. The molecule has 242 valence electrons. The molecule has 0 aliphatic heterocycles. The Morgan fingerprint density at radius 2 is 1.47 bits per heavy atom. The van der Waals surface area contributed by atoms with Crippen LogP contribution in [0.3, 0.4) is 0 Å². The van der Waals surface area contributed by atoms with Crippen molar-refractivity contribution in [1.82, 2.24) is 5.32 Å². The molecule has 0 radical (unpaired) electrons. The van der Waals surface area contributed by atoms with Gasteiger partial charge in [0, 0.05) is 5.92 Å². The van der Waals surface area contributed by atoms with Crippen molar-refractivity contribution in [3.63, 3.8) is 0 Å². The Labute approximate surface area is 267 Å². The van der Waals surface area contributed by atoms with E-state index in [1.165, 1.54) is 0 Å². The van der Waals surface area contributed by atoms with Gasteiger partial charge in [-0.05, 0) is 84.4 Å². The molecule has 45 heavy (non-hydrogen) atoms. The Kier molecular flexibility index (Phi) is 11.1. The lowest BCUT2D eigenvalue weighted by Gasteiger charge is -2.36. The fourth-order valence-electron chi connectivity index (χ4n) is 5.10. The van der Waals surface area contributed by atoms with Crippen LogP contribution in [0.15, 0.2) is 84.4 Å². The van der Waals surface area contributed by atoms with Crippen molar-refractivity contribution < 1.29 is 32.0 Å². The maximum absolute atomic E-state index is 15.5. The van der Waals surface area contributed by atoms with Gasteiger partial charge in [-0.15, -0.1) is 0 Å². The normalized spacial score (nSPS) is 14.4. The largest absolute Gasteiger partial charge is 0.544 e. The van der Waals surface area contributed by atoms with E-state index in [1.54, 1.807) is 13.8 Å². The molecule has 0 aromatic heterocycles. The van der Waals surface area contributed by atoms with Gasteiger partial charge in [0.1, 0.15) is 12.4 Å². The number of nitrogens with one attached hydrogen (secondary N) is 1. The van der Waals surface area contributed by atoms with Crippen molar-refractivity contribution >= 4 is 22.0 Å². The quantitative estimate of drug-likeness (QED) is 0.146. The Morgan fingerprint density at radius 1 is 0.933 bits per heavy atom. The van der Waals surface area contributed by atoms with Gasteiger partial charge in [0.05, 0.1) is 19.3 Å². The molecule has 1 aliphatic rings. The molecule has 0 heterocycles. The second-order valence-corrected chi connectivity index (χ2v) is 19.3. The molecular weight excluding hydrogens is 608 g/mol. The van der Waals surface area contributed by atoms with Gasteiger partial charge in [0.15, 0.2) is 0 Å². The molecule has 3 aromatic rings. The van der Waals surface area contributed by atoms with Crippen LogP contribution in [0.2, 0.25) is 18.1 Å². The van der Waals surface area contributed by atoms with E-state index in [-0.39, 0.29) is 37.2 Å². The van der Waals surface area contributed by atoms with Crippen LogP contribution in [0.5, 0.6) is 5.75 Å². The van der Waals surface area contributed by atoms with Crippen molar-refractivity contribution in [2.45, 2.75) is 71.1 Å². The van der Waals surface area contributed by atoms with Crippen molar-refractivity contribution in [3.05, 3.63) is 101 Å². The third-order valence-electron chi connectivity index (χ3n) is 8.40. The van der Waals surface area contributed by atoms with E-state index in [4.69, 9.17) is 18.2 Å². The van der Waals surface area contributed by atoms with Gasteiger partial charge in [-0.1, -0.05) is 81.4 Å². The van der Waals surface area contributed by atoms with Crippen LogP contribution in [-0.2, 0) is 24.8 Å². The summed E-state index contributed by atoms with van der Waals surface area (Å²) in [6, 6.07) is 22.8. The summed E-state index contributed by atoms with van der Waals surface area (Å²) >= 11 is 0. The van der Waals surface area contributed by atoms with Gasteiger partial charge in [0.25, 0.3) is 0 Å². The molecule has 0 spiro atoms. The van der Waals surface area contributed by atoms with Crippen LogP contribution in [0.4, 0.5) is 9.18 Å². The minimum Gasteiger partial charge on any atom is -0.544 e. The van der Waals surface area contributed by atoms with E-state index in [0.717, 1.165) is 39.6 Å². The van der Waals surface area contributed by atoms with E-state index in [9.17, 15) is 9.36 Å². The number of ether oxygens (including phenoxy) is 1. The number of hydrogen-bond acceptors (Lipinski definition) is 6. The second kappa shape index (κ2) is 14.5. The third kappa shape index (κ3) is 8.33. The number of alkyl carbamates (subject to hydrolysis) is 1. The predicted molar refractivity (Wildman–Crippen MR) is 180 cm³/mol. The third-order valence-corrected chi connectivity index (χ3v) is 14.6. The van der Waals surface area contributed by atoms with Crippen molar-refractivity contribution in [2.75, 3.05) is 19.8 Å². The van der Waals surface area contributed by atoms with Gasteiger partial charge in [-0.3, -0.25) is 4.57 Å². The Balaban J connectivity index is 1.53. The average Bonchev–Trinajstić information content (AvgIpc) is 3.30. The van der Waals surface area contributed by atoms with Crippen molar-refractivity contribution in [2.24, 2.45) is 0 Å². The summed E-state index contributed by atoms with van der Waals surface area (Å²) in [4.78, 5) is 13.2. The van der Waals surface area contributed by atoms with E-state index >= 15 is 4.39 Å². The number of carbonyl (C=O) groups excluding carboxylic acids is 1. The molecule has 0 fully saturated rings. The molecule has 1 aliphatic carbocycles. The van der Waals surface area contributed by atoms with Gasteiger partial charge < -0.3 is 23.5 Å². The minimum absolute atomic E-state index is 0.00129. The molecule has 3 aromatic carbocycles. The smallest absolute Gasteiger partial charge is 0.407 e. The summed E-state index contributed by atoms with van der Waals surface area (Å²) in [5.41, 5.74) is 4.16. The van der Waals surface area contributed by atoms with Crippen molar-refractivity contribution in [3.8, 4) is 16.9 Å². The predicted octanol–water partition coefficient (Wildman–Crippen LogP) is 9.60. The molecule has 1 atom stereocenters. The number of fused-ring (bicyclic) bond motifs is 3. The van der Waals surface area contributed by atoms with Crippen LogP contribution in [0, 0.1) is 0 Å². The first-order chi connectivity index (χ1) is 21.3. The highest BCUT2D eigenvalue weighted by molar-refractivity contribution is 7.58. The molecule has 1 N–H and O–H groups in total. The minimum atomic E-state index is -4.18. The Bertz CT molecular complexity index is 1500. The zero-order chi connectivity index (χ0) is 32.8. The molecule has 1 amide bonds. The highest BCUT2D eigenvalue weighted by Gasteiger charge is 2.39. The first-order valence-corrected chi connectivity index (χ1v) is 19.9. The first-order valence-electron chi connectivity index (χ1n) is 15.4. The summed E-state index contributed by atoms with van der Waals surface area (Å²) in [5, 5.41) is 2.81. The van der Waals surface area contributed by atoms with Gasteiger partial charge in [-0.2, -0.15) is 4.39 Å². The molecule has 10 heteroatoms. The van der Waals surface area contributed by atoms with Crippen LogP contribution in [-0.4, -0.2) is 40.3 Å². The number of halogens is 1. The second-order valence-electron chi connectivity index (χ2n) is 12.6. The maximum atomic E-state index is 15.5. The lowest BCUT2D eigenvalue weighted by atomic mass is 9.98. The molecular formula is C35H45FNO6PSi. The Hall–Kier alpha value is -3.23. The van der Waals surface area contributed by atoms with E-state index < -0.39 is 33.6 Å². The molecule has 0 bridgehead atoms.